The molecular formula is C8H16N6. The molecule has 0 aromatic carbocycles. The van der Waals surface area contributed by atoms with Crippen molar-refractivity contribution in [3.05, 3.63) is 18.7 Å². The molecule has 0 aliphatic heterocycles. The van der Waals surface area contributed by atoms with E-state index in [0.29, 0.717) is 6.54 Å². The van der Waals surface area contributed by atoms with Crippen LogP contribution in [0.5, 0.6) is 0 Å². The lowest BCUT2D eigenvalue weighted by Crippen LogP contribution is -2.37. The molecule has 1 rings (SSSR count). The molecule has 1 heterocycles. The van der Waals surface area contributed by atoms with Crippen LogP contribution in [0.1, 0.15) is 12.8 Å². The van der Waals surface area contributed by atoms with Crippen LogP contribution in [-0.4, -0.2) is 22.1 Å². The summed E-state index contributed by atoms with van der Waals surface area (Å²) in [5.74, 6) is 5.33. The Morgan fingerprint density at radius 3 is 3.00 bits per heavy atom. The highest BCUT2D eigenvalue weighted by Gasteiger charge is 1.90. The van der Waals surface area contributed by atoms with Crippen LogP contribution in [-0.2, 0) is 6.54 Å². The summed E-state index contributed by atoms with van der Waals surface area (Å²) >= 11 is 0. The van der Waals surface area contributed by atoms with E-state index < -0.39 is 0 Å². The summed E-state index contributed by atoms with van der Waals surface area (Å²) in [6.07, 6.45) is 7.56. The number of aryl methyl sites for hydroxylation is 1. The number of aliphatic imine (C=N–C) groups is 1. The van der Waals surface area contributed by atoms with E-state index in [1.807, 2.05) is 10.8 Å². The van der Waals surface area contributed by atoms with Crippen molar-refractivity contribution in [3.8, 4) is 0 Å². The van der Waals surface area contributed by atoms with E-state index in [0.717, 1.165) is 19.4 Å². The van der Waals surface area contributed by atoms with Gasteiger partial charge in [0.15, 0.2) is 0 Å². The van der Waals surface area contributed by atoms with E-state index in [9.17, 15) is 0 Å². The van der Waals surface area contributed by atoms with Crippen LogP contribution in [0, 0.1) is 0 Å². The fourth-order valence-electron chi connectivity index (χ4n) is 1.07. The van der Waals surface area contributed by atoms with Gasteiger partial charge in [0.1, 0.15) is 0 Å². The molecule has 6 heteroatoms. The molecule has 14 heavy (non-hydrogen) atoms. The number of rotatable bonds is 5. The Hall–Kier alpha value is -1.56. The summed E-state index contributed by atoms with van der Waals surface area (Å²) in [7, 11) is 0. The van der Waals surface area contributed by atoms with Gasteiger partial charge in [-0.05, 0) is 12.8 Å². The molecule has 0 atom stereocenters. The van der Waals surface area contributed by atoms with Crippen molar-refractivity contribution in [2.45, 2.75) is 19.4 Å². The molecule has 0 unspecified atom stereocenters. The Labute approximate surface area is 83.0 Å². The van der Waals surface area contributed by atoms with E-state index in [4.69, 9.17) is 11.6 Å². The Morgan fingerprint density at radius 2 is 2.36 bits per heavy atom. The van der Waals surface area contributed by atoms with E-state index in [1.54, 1.807) is 12.5 Å². The Bertz CT molecular complexity index is 265. The molecule has 6 nitrogen and oxygen atoms in total. The molecule has 1 aromatic rings. The minimum atomic E-state index is 0.285. The minimum absolute atomic E-state index is 0.285. The van der Waals surface area contributed by atoms with Gasteiger partial charge in [-0.15, -0.1) is 0 Å². The molecule has 0 fully saturated rings. The zero-order valence-electron chi connectivity index (χ0n) is 8.06. The van der Waals surface area contributed by atoms with Crippen LogP contribution in [0.25, 0.3) is 0 Å². The van der Waals surface area contributed by atoms with E-state index in [2.05, 4.69) is 15.4 Å². The minimum Gasteiger partial charge on any atom is -0.369 e. The van der Waals surface area contributed by atoms with Crippen LogP contribution in [0.3, 0.4) is 0 Å². The first kappa shape index (κ1) is 10.5. The number of imidazole rings is 1. The standard InChI is InChI=1S/C8H16N6/c9-8(13-10)12-3-1-2-5-14-6-4-11-7-14/h4,6-7H,1-3,5,10H2,(H3,9,12,13). The molecule has 0 saturated carbocycles. The molecule has 0 radical (unpaired) electrons. The van der Waals surface area contributed by atoms with Gasteiger partial charge in [-0.2, -0.15) is 0 Å². The molecule has 1 aromatic heterocycles. The summed E-state index contributed by atoms with van der Waals surface area (Å²) in [6, 6.07) is 0. The van der Waals surface area contributed by atoms with Gasteiger partial charge in [-0.3, -0.25) is 10.4 Å². The smallest absolute Gasteiger partial charge is 0.203 e. The van der Waals surface area contributed by atoms with Gasteiger partial charge in [-0.1, -0.05) is 0 Å². The average Bonchev–Trinajstić information content (AvgIpc) is 2.69. The molecule has 5 N–H and O–H groups in total. The SMILES string of the molecule is NNC(N)=NCCCCn1ccnc1. The van der Waals surface area contributed by atoms with Crippen molar-refractivity contribution < 1.29 is 0 Å². The summed E-state index contributed by atoms with van der Waals surface area (Å²) in [5, 5.41) is 0. The molecule has 0 spiro atoms. The largest absolute Gasteiger partial charge is 0.369 e. The quantitative estimate of drug-likeness (QED) is 0.193. The maximum atomic E-state index is 5.35. The first-order chi connectivity index (χ1) is 6.83. The zero-order valence-corrected chi connectivity index (χ0v) is 8.06. The van der Waals surface area contributed by atoms with Crippen LogP contribution in [0.15, 0.2) is 23.7 Å². The lowest BCUT2D eigenvalue weighted by molar-refractivity contribution is 0.614. The zero-order chi connectivity index (χ0) is 10.2. The highest BCUT2D eigenvalue weighted by molar-refractivity contribution is 5.76. The number of guanidine groups is 1. The van der Waals surface area contributed by atoms with Gasteiger partial charge in [0, 0.05) is 25.5 Å². The third kappa shape index (κ3) is 3.90. The van der Waals surface area contributed by atoms with Crippen LogP contribution >= 0.6 is 0 Å². The lowest BCUT2D eigenvalue weighted by Gasteiger charge is -2.01. The summed E-state index contributed by atoms with van der Waals surface area (Å²) in [5.41, 5.74) is 7.63. The predicted octanol–water partition coefficient (Wildman–Crippen LogP) is -0.559. The lowest BCUT2D eigenvalue weighted by atomic mass is 10.3. The van der Waals surface area contributed by atoms with Crippen LogP contribution < -0.4 is 17.0 Å². The van der Waals surface area contributed by atoms with Crippen molar-refractivity contribution >= 4 is 5.96 Å². The highest BCUT2D eigenvalue weighted by Crippen LogP contribution is 1.95. The van der Waals surface area contributed by atoms with Gasteiger partial charge in [-0.25, -0.2) is 10.8 Å². The number of unbranched alkanes of at least 4 members (excludes halogenated alkanes) is 1. The van der Waals surface area contributed by atoms with Crippen molar-refractivity contribution in [2.75, 3.05) is 6.54 Å². The molecule has 0 amide bonds. The Kier molecular flexibility index (Phi) is 4.49. The van der Waals surface area contributed by atoms with E-state index in [1.165, 1.54) is 0 Å². The monoisotopic (exact) mass is 196 g/mol. The summed E-state index contributed by atoms with van der Waals surface area (Å²) in [4.78, 5) is 7.95. The first-order valence-corrected chi connectivity index (χ1v) is 4.55. The predicted molar refractivity (Wildman–Crippen MR) is 55.3 cm³/mol. The Morgan fingerprint density at radius 1 is 1.50 bits per heavy atom. The molecule has 0 saturated heterocycles. The molecule has 0 aliphatic carbocycles. The normalized spacial score (nSPS) is 11.6. The number of aromatic nitrogens is 2. The first-order valence-electron chi connectivity index (χ1n) is 4.55. The molecule has 0 aliphatic rings. The third-order valence-corrected chi connectivity index (χ3v) is 1.81. The van der Waals surface area contributed by atoms with Gasteiger partial charge in [0.25, 0.3) is 0 Å². The van der Waals surface area contributed by atoms with Gasteiger partial charge in [0.2, 0.25) is 5.96 Å². The van der Waals surface area contributed by atoms with Gasteiger partial charge < -0.3 is 10.3 Å². The second-order valence-corrected chi connectivity index (χ2v) is 2.92. The fraction of sp³-hybridized carbons (Fsp3) is 0.500. The van der Waals surface area contributed by atoms with Gasteiger partial charge >= 0.3 is 0 Å². The van der Waals surface area contributed by atoms with E-state index in [-0.39, 0.29) is 5.96 Å². The summed E-state index contributed by atoms with van der Waals surface area (Å²) < 4.78 is 2.04. The molecular weight excluding hydrogens is 180 g/mol. The number of nitrogens with two attached hydrogens (primary N) is 2. The number of nitrogens with one attached hydrogen (secondary N) is 1. The Balaban J connectivity index is 2.05. The van der Waals surface area contributed by atoms with Crippen LogP contribution in [0.2, 0.25) is 0 Å². The maximum absolute atomic E-state index is 5.35. The maximum Gasteiger partial charge on any atom is 0.203 e. The van der Waals surface area contributed by atoms with Crippen molar-refractivity contribution in [3.63, 3.8) is 0 Å². The average molecular weight is 196 g/mol. The number of hydrogen-bond acceptors (Lipinski definition) is 3. The molecule has 78 valence electrons. The van der Waals surface area contributed by atoms with Crippen molar-refractivity contribution in [1.82, 2.24) is 15.0 Å². The fourth-order valence-corrected chi connectivity index (χ4v) is 1.07. The second kappa shape index (κ2) is 5.98. The number of nitrogens with zero attached hydrogens (tertiary/aromatic N) is 3. The third-order valence-electron chi connectivity index (χ3n) is 1.81. The second-order valence-electron chi connectivity index (χ2n) is 2.92. The number of hydrogen-bond donors (Lipinski definition) is 3. The van der Waals surface area contributed by atoms with Crippen molar-refractivity contribution in [1.29, 1.82) is 0 Å². The molecule has 0 bridgehead atoms. The van der Waals surface area contributed by atoms with Crippen LogP contribution in [0.4, 0.5) is 0 Å². The highest BCUT2D eigenvalue weighted by atomic mass is 15.3. The topological polar surface area (TPSA) is 94.2 Å². The van der Waals surface area contributed by atoms with E-state index >= 15 is 0 Å². The van der Waals surface area contributed by atoms with Crippen molar-refractivity contribution in [2.24, 2.45) is 16.6 Å². The van der Waals surface area contributed by atoms with Gasteiger partial charge in [0.05, 0.1) is 6.33 Å². The summed E-state index contributed by atoms with van der Waals surface area (Å²) in [6.45, 7) is 1.66. The number of hydrazine groups is 1.